The first-order valence-corrected chi connectivity index (χ1v) is 9.39. The first-order chi connectivity index (χ1) is 14.0. The summed E-state index contributed by atoms with van der Waals surface area (Å²) < 4.78 is 5.83. The Labute approximate surface area is 171 Å². The van der Waals surface area contributed by atoms with Crippen LogP contribution in [0, 0.1) is 18.3 Å². The second kappa shape index (κ2) is 9.43. The summed E-state index contributed by atoms with van der Waals surface area (Å²) in [5.74, 6) is 0.568. The lowest BCUT2D eigenvalue weighted by molar-refractivity contribution is -0.116. The van der Waals surface area contributed by atoms with Gasteiger partial charge in [-0.1, -0.05) is 30.3 Å². The molecular formula is C24H23N3O2. The van der Waals surface area contributed by atoms with E-state index in [4.69, 9.17) is 10.00 Å². The summed E-state index contributed by atoms with van der Waals surface area (Å²) in [6, 6.07) is 24.2. The Morgan fingerprint density at radius 3 is 2.59 bits per heavy atom. The maximum absolute atomic E-state index is 12.5. The maximum atomic E-state index is 12.5. The molecule has 5 heteroatoms. The van der Waals surface area contributed by atoms with Gasteiger partial charge in [-0.25, -0.2) is 0 Å². The molecule has 3 aromatic rings. The molecule has 0 bridgehead atoms. The van der Waals surface area contributed by atoms with E-state index in [0.29, 0.717) is 17.9 Å². The molecule has 1 unspecified atom stereocenters. The molecule has 0 spiro atoms. The standard InChI is InChI=1S/C24H23N3O2/c1-17-6-3-9-21(12-17)27-24(28)18(2)26-22-10-5-11-23(14-22)29-16-20-8-4-7-19(13-20)15-25/h3-14,18,26H,16H2,1-2H3,(H,27,28). The van der Waals surface area contributed by atoms with Crippen LogP contribution >= 0.6 is 0 Å². The normalized spacial score (nSPS) is 11.2. The van der Waals surface area contributed by atoms with Crippen molar-refractivity contribution in [3.05, 3.63) is 89.5 Å². The van der Waals surface area contributed by atoms with E-state index in [9.17, 15) is 4.79 Å². The van der Waals surface area contributed by atoms with Crippen LogP contribution in [0.1, 0.15) is 23.6 Å². The van der Waals surface area contributed by atoms with Crippen LogP contribution in [0.4, 0.5) is 11.4 Å². The first-order valence-electron chi connectivity index (χ1n) is 9.39. The van der Waals surface area contributed by atoms with Gasteiger partial charge in [-0.05, 0) is 61.4 Å². The highest BCUT2D eigenvalue weighted by Gasteiger charge is 2.13. The molecule has 0 aliphatic rings. The number of hydrogen-bond donors (Lipinski definition) is 2. The van der Waals surface area contributed by atoms with Crippen LogP contribution in [-0.4, -0.2) is 11.9 Å². The highest BCUT2D eigenvalue weighted by molar-refractivity contribution is 5.96. The van der Waals surface area contributed by atoms with Crippen molar-refractivity contribution in [1.82, 2.24) is 0 Å². The predicted molar refractivity (Wildman–Crippen MR) is 115 cm³/mol. The van der Waals surface area contributed by atoms with Crippen LogP contribution < -0.4 is 15.4 Å². The summed E-state index contributed by atoms with van der Waals surface area (Å²) in [6.07, 6.45) is 0. The van der Waals surface area contributed by atoms with Crippen LogP contribution in [0.3, 0.4) is 0 Å². The zero-order chi connectivity index (χ0) is 20.6. The monoisotopic (exact) mass is 385 g/mol. The van der Waals surface area contributed by atoms with E-state index < -0.39 is 6.04 Å². The lowest BCUT2D eigenvalue weighted by Gasteiger charge is -2.16. The predicted octanol–water partition coefficient (Wildman–Crippen LogP) is 4.88. The minimum atomic E-state index is -0.418. The van der Waals surface area contributed by atoms with E-state index >= 15 is 0 Å². The molecule has 0 aliphatic carbocycles. The van der Waals surface area contributed by atoms with Crippen molar-refractivity contribution in [1.29, 1.82) is 5.26 Å². The van der Waals surface area contributed by atoms with Crippen molar-refractivity contribution in [3.63, 3.8) is 0 Å². The van der Waals surface area contributed by atoms with E-state index in [1.165, 1.54) is 0 Å². The molecule has 5 nitrogen and oxygen atoms in total. The highest BCUT2D eigenvalue weighted by atomic mass is 16.5. The molecule has 1 atom stereocenters. The van der Waals surface area contributed by atoms with E-state index in [0.717, 1.165) is 22.5 Å². The summed E-state index contributed by atoms with van der Waals surface area (Å²) in [5.41, 5.74) is 4.19. The fraction of sp³-hybridized carbons (Fsp3) is 0.167. The van der Waals surface area contributed by atoms with Crippen molar-refractivity contribution >= 4 is 17.3 Å². The van der Waals surface area contributed by atoms with Gasteiger partial charge in [0.1, 0.15) is 18.4 Å². The van der Waals surface area contributed by atoms with Crippen LogP contribution in [-0.2, 0) is 11.4 Å². The molecule has 3 aromatic carbocycles. The molecule has 1 amide bonds. The Kier molecular flexibility index (Phi) is 6.49. The van der Waals surface area contributed by atoms with Gasteiger partial charge in [0.2, 0.25) is 5.91 Å². The smallest absolute Gasteiger partial charge is 0.246 e. The second-order valence-electron chi connectivity index (χ2n) is 6.85. The SMILES string of the molecule is Cc1cccc(NC(=O)C(C)Nc2cccc(OCc3cccc(C#N)c3)c2)c1. The third kappa shape index (κ3) is 5.85. The minimum absolute atomic E-state index is 0.116. The summed E-state index contributed by atoms with van der Waals surface area (Å²) >= 11 is 0. The number of anilines is 2. The number of benzene rings is 3. The number of carbonyl (C=O) groups excluding carboxylic acids is 1. The van der Waals surface area contributed by atoms with Crippen molar-refractivity contribution in [3.8, 4) is 11.8 Å². The molecule has 0 fully saturated rings. The van der Waals surface area contributed by atoms with Crippen molar-refractivity contribution in [2.75, 3.05) is 10.6 Å². The largest absolute Gasteiger partial charge is 0.489 e. The molecule has 0 saturated carbocycles. The number of aryl methyl sites for hydroxylation is 1. The van der Waals surface area contributed by atoms with E-state index in [1.807, 2.05) is 74.5 Å². The van der Waals surface area contributed by atoms with E-state index in [2.05, 4.69) is 16.7 Å². The number of nitrogens with one attached hydrogen (secondary N) is 2. The Hall–Kier alpha value is -3.78. The fourth-order valence-corrected chi connectivity index (χ4v) is 2.86. The lowest BCUT2D eigenvalue weighted by Crippen LogP contribution is -2.31. The number of ether oxygens (including phenoxy) is 1. The zero-order valence-corrected chi connectivity index (χ0v) is 16.5. The topological polar surface area (TPSA) is 74.2 Å². The highest BCUT2D eigenvalue weighted by Crippen LogP contribution is 2.20. The number of hydrogen-bond acceptors (Lipinski definition) is 4. The molecule has 0 saturated heterocycles. The number of nitrogens with zero attached hydrogens (tertiary/aromatic N) is 1. The van der Waals surface area contributed by atoms with Gasteiger partial charge in [0.05, 0.1) is 11.6 Å². The maximum Gasteiger partial charge on any atom is 0.246 e. The number of carbonyl (C=O) groups is 1. The summed E-state index contributed by atoms with van der Waals surface area (Å²) in [7, 11) is 0. The van der Waals surface area contributed by atoms with Gasteiger partial charge in [-0.3, -0.25) is 4.79 Å². The molecule has 0 radical (unpaired) electrons. The van der Waals surface area contributed by atoms with Crippen molar-refractivity contribution < 1.29 is 9.53 Å². The molecule has 0 heterocycles. The fourth-order valence-electron chi connectivity index (χ4n) is 2.86. The molecule has 3 rings (SSSR count). The second-order valence-corrected chi connectivity index (χ2v) is 6.85. The van der Waals surface area contributed by atoms with Gasteiger partial charge in [-0.15, -0.1) is 0 Å². The minimum Gasteiger partial charge on any atom is -0.489 e. The zero-order valence-electron chi connectivity index (χ0n) is 16.5. The molecule has 0 aliphatic heterocycles. The van der Waals surface area contributed by atoms with Crippen LogP contribution in [0.5, 0.6) is 5.75 Å². The molecule has 29 heavy (non-hydrogen) atoms. The Morgan fingerprint density at radius 2 is 1.79 bits per heavy atom. The number of rotatable bonds is 7. The molecular weight excluding hydrogens is 362 g/mol. The number of nitriles is 1. The summed E-state index contributed by atoms with van der Waals surface area (Å²) in [4.78, 5) is 12.5. The number of amides is 1. The average Bonchev–Trinajstić information content (AvgIpc) is 2.72. The van der Waals surface area contributed by atoms with Gasteiger partial charge < -0.3 is 15.4 Å². The van der Waals surface area contributed by atoms with Gasteiger partial charge in [0.15, 0.2) is 0 Å². The first kappa shape index (κ1) is 20.0. The summed E-state index contributed by atoms with van der Waals surface area (Å²) in [6.45, 7) is 4.16. The van der Waals surface area contributed by atoms with E-state index in [1.54, 1.807) is 12.1 Å². The third-order valence-electron chi connectivity index (χ3n) is 4.36. The molecule has 0 aromatic heterocycles. The molecule has 146 valence electrons. The third-order valence-corrected chi connectivity index (χ3v) is 4.36. The molecule has 2 N–H and O–H groups in total. The van der Waals surface area contributed by atoms with Crippen molar-refractivity contribution in [2.24, 2.45) is 0 Å². The Morgan fingerprint density at radius 1 is 1.03 bits per heavy atom. The van der Waals surface area contributed by atoms with Crippen molar-refractivity contribution in [2.45, 2.75) is 26.5 Å². The Bertz CT molecular complexity index is 1040. The summed E-state index contributed by atoms with van der Waals surface area (Å²) in [5, 5.41) is 15.1. The van der Waals surface area contributed by atoms with Gasteiger partial charge in [0, 0.05) is 17.4 Å². The Balaban J connectivity index is 1.58. The van der Waals surface area contributed by atoms with Crippen LogP contribution in [0.2, 0.25) is 0 Å². The van der Waals surface area contributed by atoms with E-state index in [-0.39, 0.29) is 5.91 Å². The van der Waals surface area contributed by atoms with Crippen LogP contribution in [0.15, 0.2) is 72.8 Å². The van der Waals surface area contributed by atoms with Gasteiger partial charge in [-0.2, -0.15) is 5.26 Å². The van der Waals surface area contributed by atoms with Gasteiger partial charge >= 0.3 is 0 Å². The average molecular weight is 385 g/mol. The van der Waals surface area contributed by atoms with Gasteiger partial charge in [0.25, 0.3) is 0 Å². The lowest BCUT2D eigenvalue weighted by atomic mass is 10.1. The van der Waals surface area contributed by atoms with Crippen LogP contribution in [0.25, 0.3) is 0 Å². The quantitative estimate of drug-likeness (QED) is 0.608.